The number of aromatic nitrogens is 2. The molecule has 0 amide bonds. The molecule has 0 aromatic carbocycles. The summed E-state index contributed by atoms with van der Waals surface area (Å²) in [5.74, 6) is 1.38. The van der Waals surface area contributed by atoms with Crippen LogP contribution in [0, 0.1) is 0 Å². The van der Waals surface area contributed by atoms with E-state index in [1.807, 2.05) is 18.8 Å². The number of guanidine groups is 1. The summed E-state index contributed by atoms with van der Waals surface area (Å²) in [5.41, 5.74) is 2.44. The second kappa shape index (κ2) is 12.6. The largest absolute Gasteiger partial charge is 0.356 e. The summed E-state index contributed by atoms with van der Waals surface area (Å²) < 4.78 is 1.91. The van der Waals surface area contributed by atoms with Gasteiger partial charge in [0, 0.05) is 59.1 Å². The Balaban J connectivity index is 0.00000392. The zero-order valence-corrected chi connectivity index (χ0v) is 20.9. The Kier molecular flexibility index (Phi) is 11.4. The quantitative estimate of drug-likeness (QED) is 0.267. The van der Waals surface area contributed by atoms with Gasteiger partial charge < -0.3 is 20.0 Å². The normalized spacial score (nSPS) is 16.8. The first-order chi connectivity index (χ1) is 12.9. The molecule has 1 aromatic heterocycles. The third kappa shape index (κ3) is 7.87. The van der Waals surface area contributed by atoms with E-state index in [1.165, 1.54) is 43.9 Å². The van der Waals surface area contributed by atoms with E-state index in [1.54, 1.807) is 0 Å². The summed E-state index contributed by atoms with van der Waals surface area (Å²) in [7, 11) is 8.16. The Labute approximate surface area is 188 Å². The zero-order chi connectivity index (χ0) is 19.8. The number of aliphatic imine (C=N–C) groups is 1. The number of halogens is 1. The lowest BCUT2D eigenvalue weighted by molar-refractivity contribution is 0.273. The molecule has 2 rings (SSSR count). The molecule has 162 valence electrons. The van der Waals surface area contributed by atoms with Crippen LogP contribution >= 0.6 is 24.0 Å². The number of nitrogens with one attached hydrogen (secondary N) is 1. The molecule has 1 aromatic rings. The van der Waals surface area contributed by atoms with E-state index in [0.29, 0.717) is 5.92 Å². The van der Waals surface area contributed by atoms with E-state index >= 15 is 0 Å². The molecule has 0 saturated carbocycles. The molecule has 1 fully saturated rings. The maximum atomic E-state index is 4.61. The minimum absolute atomic E-state index is 0. The predicted molar refractivity (Wildman–Crippen MR) is 129 cm³/mol. The summed E-state index contributed by atoms with van der Waals surface area (Å²) >= 11 is 0. The molecule has 28 heavy (non-hydrogen) atoms. The third-order valence-corrected chi connectivity index (χ3v) is 5.21. The number of nitrogens with zero attached hydrogens (tertiary/aromatic N) is 6. The van der Waals surface area contributed by atoms with Gasteiger partial charge in [0.15, 0.2) is 5.96 Å². The van der Waals surface area contributed by atoms with Crippen LogP contribution in [0.5, 0.6) is 0 Å². The highest BCUT2D eigenvalue weighted by molar-refractivity contribution is 14.0. The number of likely N-dealkylation sites (N-methyl/N-ethyl adjacent to an activating group) is 1. The monoisotopic (exact) mass is 505 g/mol. The molecule has 2 heterocycles. The molecule has 0 unspecified atom stereocenters. The Bertz CT molecular complexity index is 599. The second-order valence-corrected chi connectivity index (χ2v) is 8.05. The van der Waals surface area contributed by atoms with Gasteiger partial charge in [0.1, 0.15) is 0 Å². The molecule has 0 radical (unpaired) electrons. The first-order valence-corrected chi connectivity index (χ1v) is 10.3. The van der Waals surface area contributed by atoms with Crippen molar-refractivity contribution in [2.45, 2.75) is 39.2 Å². The average molecular weight is 505 g/mol. The van der Waals surface area contributed by atoms with Gasteiger partial charge in [0.05, 0.1) is 5.69 Å². The SMILES string of the molecule is CN=C(NCCCN1CCCN(C)CC1)N(C)Cc1cn(C)nc1C(C)C.I. The molecule has 0 atom stereocenters. The lowest BCUT2D eigenvalue weighted by Gasteiger charge is -2.24. The third-order valence-electron chi connectivity index (χ3n) is 5.21. The van der Waals surface area contributed by atoms with Crippen molar-refractivity contribution in [3.8, 4) is 0 Å². The van der Waals surface area contributed by atoms with Gasteiger partial charge in [-0.25, -0.2) is 0 Å². The summed E-state index contributed by atoms with van der Waals surface area (Å²) in [6, 6.07) is 0. The van der Waals surface area contributed by atoms with Crippen molar-refractivity contribution in [1.82, 2.24) is 29.8 Å². The van der Waals surface area contributed by atoms with E-state index < -0.39 is 0 Å². The Hall–Kier alpha value is -0.870. The van der Waals surface area contributed by atoms with Crippen LogP contribution in [0.3, 0.4) is 0 Å². The van der Waals surface area contributed by atoms with Gasteiger partial charge in [0.2, 0.25) is 0 Å². The van der Waals surface area contributed by atoms with Crippen LogP contribution in [0.25, 0.3) is 0 Å². The topological polar surface area (TPSA) is 51.9 Å². The molecule has 1 N–H and O–H groups in total. The smallest absolute Gasteiger partial charge is 0.193 e. The van der Waals surface area contributed by atoms with Gasteiger partial charge in [-0.05, 0) is 45.4 Å². The Morgan fingerprint density at radius 3 is 2.68 bits per heavy atom. The molecule has 1 saturated heterocycles. The predicted octanol–water partition coefficient (Wildman–Crippen LogP) is 2.20. The van der Waals surface area contributed by atoms with Gasteiger partial charge in [-0.1, -0.05) is 13.8 Å². The molecule has 0 bridgehead atoms. The highest BCUT2D eigenvalue weighted by atomic mass is 127. The van der Waals surface area contributed by atoms with Gasteiger partial charge in [0.25, 0.3) is 0 Å². The van der Waals surface area contributed by atoms with E-state index in [9.17, 15) is 0 Å². The maximum absolute atomic E-state index is 4.61. The summed E-state index contributed by atoms with van der Waals surface area (Å²) in [5, 5.41) is 8.13. The average Bonchev–Trinajstić information content (AvgIpc) is 2.86. The summed E-state index contributed by atoms with van der Waals surface area (Å²) in [4.78, 5) is 11.7. The van der Waals surface area contributed by atoms with Crippen LogP contribution in [0.1, 0.15) is 43.9 Å². The van der Waals surface area contributed by atoms with E-state index in [2.05, 4.69) is 64.2 Å². The highest BCUT2D eigenvalue weighted by Crippen LogP contribution is 2.18. The maximum Gasteiger partial charge on any atom is 0.193 e. The first kappa shape index (κ1) is 25.2. The molecule has 1 aliphatic rings. The van der Waals surface area contributed by atoms with Gasteiger partial charge in [-0.15, -0.1) is 24.0 Å². The molecular formula is C20H40IN7. The van der Waals surface area contributed by atoms with Crippen LogP contribution < -0.4 is 5.32 Å². The number of rotatable bonds is 7. The summed E-state index contributed by atoms with van der Waals surface area (Å²) in [6.07, 6.45) is 4.54. The van der Waals surface area contributed by atoms with Crippen LogP contribution in [0.15, 0.2) is 11.2 Å². The molecular weight excluding hydrogens is 465 g/mol. The van der Waals surface area contributed by atoms with Gasteiger partial charge in [-0.2, -0.15) is 5.10 Å². The van der Waals surface area contributed by atoms with Crippen LogP contribution in [-0.4, -0.2) is 90.9 Å². The summed E-state index contributed by atoms with van der Waals surface area (Å²) in [6.45, 7) is 12.1. The highest BCUT2D eigenvalue weighted by Gasteiger charge is 2.15. The molecule has 7 nitrogen and oxygen atoms in total. The van der Waals surface area contributed by atoms with E-state index in [0.717, 1.165) is 32.0 Å². The van der Waals surface area contributed by atoms with Crippen molar-refractivity contribution >= 4 is 29.9 Å². The molecule has 0 spiro atoms. The molecule has 0 aliphatic carbocycles. The molecule has 8 heteroatoms. The Morgan fingerprint density at radius 1 is 1.25 bits per heavy atom. The fraction of sp³-hybridized carbons (Fsp3) is 0.800. The minimum Gasteiger partial charge on any atom is -0.356 e. The fourth-order valence-corrected chi connectivity index (χ4v) is 3.70. The van der Waals surface area contributed by atoms with Crippen molar-refractivity contribution in [2.75, 3.05) is 60.4 Å². The van der Waals surface area contributed by atoms with Crippen LogP contribution in [0.4, 0.5) is 0 Å². The standard InChI is InChI=1S/C20H39N7.HI/c1-17(2)19-18(16-26(6)23-19)15-25(5)20(21-3)22-9-7-11-27-12-8-10-24(4)13-14-27;/h16-17H,7-15H2,1-6H3,(H,21,22);1H. The number of hydrogen-bond acceptors (Lipinski definition) is 4. The van der Waals surface area contributed by atoms with Gasteiger partial charge >= 0.3 is 0 Å². The number of hydrogen-bond donors (Lipinski definition) is 1. The van der Waals surface area contributed by atoms with E-state index in [-0.39, 0.29) is 24.0 Å². The van der Waals surface area contributed by atoms with Crippen molar-refractivity contribution in [3.05, 3.63) is 17.5 Å². The molecule has 1 aliphatic heterocycles. The van der Waals surface area contributed by atoms with Crippen molar-refractivity contribution in [3.63, 3.8) is 0 Å². The lowest BCUT2D eigenvalue weighted by Crippen LogP contribution is -2.40. The van der Waals surface area contributed by atoms with Crippen LogP contribution in [0.2, 0.25) is 0 Å². The van der Waals surface area contributed by atoms with E-state index in [4.69, 9.17) is 0 Å². The Morgan fingerprint density at radius 2 is 2.00 bits per heavy atom. The fourth-order valence-electron chi connectivity index (χ4n) is 3.70. The van der Waals surface area contributed by atoms with Crippen LogP contribution in [-0.2, 0) is 13.6 Å². The second-order valence-electron chi connectivity index (χ2n) is 8.05. The van der Waals surface area contributed by atoms with Gasteiger partial charge in [-0.3, -0.25) is 9.67 Å². The minimum atomic E-state index is 0. The first-order valence-electron chi connectivity index (χ1n) is 10.3. The van der Waals surface area contributed by atoms with Crippen molar-refractivity contribution in [1.29, 1.82) is 0 Å². The van der Waals surface area contributed by atoms with Crippen molar-refractivity contribution in [2.24, 2.45) is 12.0 Å². The van der Waals surface area contributed by atoms with Crippen molar-refractivity contribution < 1.29 is 0 Å². The zero-order valence-electron chi connectivity index (χ0n) is 18.6. The number of aryl methyl sites for hydroxylation is 1. The lowest BCUT2D eigenvalue weighted by atomic mass is 10.1.